The molecule has 3 aromatic heterocycles. The van der Waals surface area contributed by atoms with Crippen LogP contribution in [0.3, 0.4) is 0 Å². The minimum absolute atomic E-state index is 0.558. The van der Waals surface area contributed by atoms with Gasteiger partial charge in [-0.05, 0) is 35.2 Å². The normalized spacial score (nSPS) is 11.3. The Hall–Kier alpha value is -3.67. The molecule has 0 amide bonds. The molecule has 0 spiro atoms. The fourth-order valence-electron chi connectivity index (χ4n) is 3.35. The molecule has 3 heterocycles. The molecule has 0 aliphatic heterocycles. The Morgan fingerprint density at radius 3 is 2.89 bits per heavy atom. The zero-order valence-corrected chi connectivity index (χ0v) is 14.8. The van der Waals surface area contributed by atoms with Gasteiger partial charge in [0.1, 0.15) is 5.76 Å². The number of anilines is 1. The Morgan fingerprint density at radius 1 is 1.07 bits per heavy atom. The van der Waals surface area contributed by atoms with Crippen LogP contribution in [0.5, 0.6) is 0 Å². The van der Waals surface area contributed by atoms with Crippen LogP contribution < -0.4 is 5.32 Å². The average molecular weight is 355 g/mol. The number of rotatable bonds is 4. The van der Waals surface area contributed by atoms with E-state index in [1.807, 2.05) is 6.07 Å². The van der Waals surface area contributed by atoms with Crippen LogP contribution in [0.1, 0.15) is 5.76 Å². The van der Waals surface area contributed by atoms with Crippen molar-refractivity contribution in [2.24, 2.45) is 7.05 Å². The Labute approximate surface area is 155 Å². The summed E-state index contributed by atoms with van der Waals surface area (Å²) in [4.78, 5) is 13.0. The number of nitrogens with zero attached hydrogens (tertiary/aromatic N) is 4. The van der Waals surface area contributed by atoms with Gasteiger partial charge < -0.3 is 14.3 Å². The second-order valence-corrected chi connectivity index (χ2v) is 6.47. The Morgan fingerprint density at radius 2 is 2.00 bits per heavy atom. The maximum absolute atomic E-state index is 5.31. The summed E-state index contributed by atoms with van der Waals surface area (Å²) >= 11 is 0. The van der Waals surface area contributed by atoms with E-state index < -0.39 is 0 Å². The predicted molar refractivity (Wildman–Crippen MR) is 105 cm³/mol. The lowest BCUT2D eigenvalue weighted by atomic mass is 10.0. The number of nitrogens with one attached hydrogen (secondary N) is 1. The molecule has 0 aliphatic carbocycles. The average Bonchev–Trinajstić information content (AvgIpc) is 3.35. The monoisotopic (exact) mass is 355 g/mol. The quantitative estimate of drug-likeness (QED) is 0.518. The Bertz CT molecular complexity index is 1240. The van der Waals surface area contributed by atoms with Crippen LogP contribution in [0.15, 0.2) is 72.0 Å². The minimum atomic E-state index is 0.558. The largest absolute Gasteiger partial charge is 0.447 e. The van der Waals surface area contributed by atoms with Gasteiger partial charge in [-0.3, -0.25) is 9.97 Å². The highest BCUT2D eigenvalue weighted by atomic mass is 16.3. The number of fused-ring (bicyclic) bond motifs is 2. The van der Waals surface area contributed by atoms with Crippen molar-refractivity contribution in [2.75, 3.05) is 5.32 Å². The fourth-order valence-corrected chi connectivity index (χ4v) is 3.35. The maximum Gasteiger partial charge on any atom is 0.180 e. The lowest BCUT2D eigenvalue weighted by Crippen LogP contribution is -1.99. The first kappa shape index (κ1) is 15.6. The van der Waals surface area contributed by atoms with Gasteiger partial charge in [0.2, 0.25) is 0 Å². The van der Waals surface area contributed by atoms with E-state index in [1.165, 1.54) is 17.3 Å². The van der Waals surface area contributed by atoms with Crippen LogP contribution in [0.25, 0.3) is 33.1 Å². The van der Waals surface area contributed by atoms with E-state index >= 15 is 0 Å². The standard InChI is InChI=1S/C21H17N5O/c1-26-7-4-14-2-3-15(8-20(14)26)18-9-16(25-12-17-11-22-13-27-17)10-19-21(18)24-6-5-23-19/h2-11,13,25H,12H2,1H3. The third-order valence-corrected chi connectivity index (χ3v) is 4.72. The molecule has 0 saturated carbocycles. The molecule has 5 aromatic rings. The van der Waals surface area contributed by atoms with E-state index in [9.17, 15) is 0 Å². The predicted octanol–water partition coefficient (Wildman–Crippen LogP) is 4.39. The Kier molecular flexibility index (Phi) is 3.60. The molecule has 0 atom stereocenters. The summed E-state index contributed by atoms with van der Waals surface area (Å²) in [5.41, 5.74) is 6.03. The zero-order valence-electron chi connectivity index (χ0n) is 14.8. The van der Waals surface area contributed by atoms with Crippen LogP contribution in [-0.2, 0) is 13.6 Å². The second kappa shape index (κ2) is 6.25. The van der Waals surface area contributed by atoms with Crippen molar-refractivity contribution in [2.45, 2.75) is 6.54 Å². The van der Waals surface area contributed by atoms with E-state index in [4.69, 9.17) is 4.42 Å². The Balaban J connectivity index is 1.63. The molecule has 0 unspecified atom stereocenters. The first-order chi connectivity index (χ1) is 13.3. The molecule has 27 heavy (non-hydrogen) atoms. The second-order valence-electron chi connectivity index (χ2n) is 6.47. The number of oxazole rings is 1. The van der Waals surface area contributed by atoms with Crippen molar-refractivity contribution in [1.29, 1.82) is 0 Å². The molecule has 0 bridgehead atoms. The maximum atomic E-state index is 5.31. The van der Waals surface area contributed by atoms with Crippen molar-refractivity contribution in [1.82, 2.24) is 19.5 Å². The molecule has 2 aromatic carbocycles. The highest BCUT2D eigenvalue weighted by Gasteiger charge is 2.10. The van der Waals surface area contributed by atoms with Crippen molar-refractivity contribution in [3.63, 3.8) is 0 Å². The molecule has 0 saturated heterocycles. The molecule has 1 N–H and O–H groups in total. The zero-order chi connectivity index (χ0) is 18.2. The van der Waals surface area contributed by atoms with E-state index in [2.05, 4.69) is 68.4 Å². The van der Waals surface area contributed by atoms with Crippen LogP contribution in [0.4, 0.5) is 5.69 Å². The number of hydrogen-bond acceptors (Lipinski definition) is 5. The minimum Gasteiger partial charge on any atom is -0.447 e. The molecule has 6 heteroatoms. The number of aromatic nitrogens is 4. The molecule has 0 aliphatic rings. The first-order valence-electron chi connectivity index (χ1n) is 8.69. The van der Waals surface area contributed by atoms with Crippen molar-refractivity contribution < 1.29 is 4.42 Å². The fraction of sp³-hybridized carbons (Fsp3) is 0.0952. The highest BCUT2D eigenvalue weighted by Crippen LogP contribution is 2.32. The lowest BCUT2D eigenvalue weighted by molar-refractivity contribution is 0.512. The van der Waals surface area contributed by atoms with E-state index in [-0.39, 0.29) is 0 Å². The molecule has 0 fully saturated rings. The van der Waals surface area contributed by atoms with Gasteiger partial charge >= 0.3 is 0 Å². The summed E-state index contributed by atoms with van der Waals surface area (Å²) in [5, 5.41) is 4.60. The summed E-state index contributed by atoms with van der Waals surface area (Å²) in [7, 11) is 2.05. The summed E-state index contributed by atoms with van der Waals surface area (Å²) < 4.78 is 7.43. The third-order valence-electron chi connectivity index (χ3n) is 4.72. The van der Waals surface area contributed by atoms with Crippen LogP contribution in [0, 0.1) is 0 Å². The van der Waals surface area contributed by atoms with Crippen LogP contribution >= 0.6 is 0 Å². The molecule has 6 nitrogen and oxygen atoms in total. The third kappa shape index (κ3) is 2.81. The molecule has 132 valence electrons. The summed E-state index contributed by atoms with van der Waals surface area (Å²) in [6.45, 7) is 0.558. The van der Waals surface area contributed by atoms with Gasteiger partial charge in [-0.2, -0.15) is 0 Å². The van der Waals surface area contributed by atoms with Crippen molar-refractivity contribution >= 4 is 27.6 Å². The highest BCUT2D eigenvalue weighted by molar-refractivity contribution is 5.97. The summed E-state index contributed by atoms with van der Waals surface area (Å²) in [5.74, 6) is 0.779. The van der Waals surface area contributed by atoms with Crippen LogP contribution in [-0.4, -0.2) is 19.5 Å². The number of hydrogen-bond donors (Lipinski definition) is 1. The van der Waals surface area contributed by atoms with Gasteiger partial charge in [0.05, 0.1) is 23.8 Å². The number of benzene rings is 2. The van der Waals surface area contributed by atoms with E-state index in [1.54, 1.807) is 18.6 Å². The van der Waals surface area contributed by atoms with Crippen molar-refractivity contribution in [3.8, 4) is 11.1 Å². The van der Waals surface area contributed by atoms with Gasteiger partial charge in [0.25, 0.3) is 0 Å². The molecule has 0 radical (unpaired) electrons. The van der Waals surface area contributed by atoms with Gasteiger partial charge in [-0.15, -0.1) is 0 Å². The summed E-state index contributed by atoms with van der Waals surface area (Å²) in [6.07, 6.45) is 8.66. The van der Waals surface area contributed by atoms with Gasteiger partial charge in [0.15, 0.2) is 6.39 Å². The van der Waals surface area contributed by atoms with Gasteiger partial charge in [-0.25, -0.2) is 4.98 Å². The SMILES string of the molecule is Cn1ccc2ccc(-c3cc(NCc4cnco4)cc4nccnc34)cc21. The number of aryl methyl sites for hydroxylation is 1. The molecular formula is C21H17N5O. The topological polar surface area (TPSA) is 68.8 Å². The van der Waals surface area contributed by atoms with Crippen molar-refractivity contribution in [3.05, 3.63) is 73.3 Å². The van der Waals surface area contributed by atoms with Gasteiger partial charge in [-0.1, -0.05) is 12.1 Å². The first-order valence-corrected chi connectivity index (χ1v) is 8.69. The summed E-state index contributed by atoms with van der Waals surface area (Å²) in [6, 6.07) is 12.7. The van der Waals surface area contributed by atoms with E-state index in [0.717, 1.165) is 33.6 Å². The van der Waals surface area contributed by atoms with Gasteiger partial charge in [0, 0.05) is 42.4 Å². The van der Waals surface area contributed by atoms with E-state index in [0.29, 0.717) is 6.54 Å². The molecular weight excluding hydrogens is 338 g/mol. The lowest BCUT2D eigenvalue weighted by Gasteiger charge is -2.11. The van der Waals surface area contributed by atoms with Crippen LogP contribution in [0.2, 0.25) is 0 Å². The smallest absolute Gasteiger partial charge is 0.180 e. The molecule has 5 rings (SSSR count).